The Kier molecular flexibility index (Phi) is 2.22. The van der Waals surface area contributed by atoms with Crippen LogP contribution in [-0.4, -0.2) is 9.78 Å². The van der Waals surface area contributed by atoms with Crippen molar-refractivity contribution in [1.29, 1.82) is 0 Å². The molecule has 0 bridgehead atoms. The summed E-state index contributed by atoms with van der Waals surface area (Å²) >= 11 is 0. The summed E-state index contributed by atoms with van der Waals surface area (Å²) in [6.07, 6.45) is -0.483. The van der Waals surface area contributed by atoms with Crippen LogP contribution in [0.15, 0.2) is 6.20 Å². The smallest absolute Gasteiger partial charge is 0.267 e. The topological polar surface area (TPSA) is 17.8 Å². The Bertz CT molecular complexity index is 243. The maximum Gasteiger partial charge on any atom is 0.267 e. The van der Waals surface area contributed by atoms with E-state index in [4.69, 9.17) is 0 Å². The largest absolute Gasteiger partial charge is 0.275 e. The quantitative estimate of drug-likeness (QED) is 0.646. The Morgan fingerprint density at radius 1 is 1.64 bits per heavy atom. The lowest BCUT2D eigenvalue weighted by atomic mass is 10.2. The van der Waals surface area contributed by atoms with E-state index in [1.54, 1.807) is 7.05 Å². The first kappa shape index (κ1) is 8.17. The number of alkyl halides is 2. The van der Waals surface area contributed by atoms with Crippen molar-refractivity contribution in [3.63, 3.8) is 0 Å². The van der Waals surface area contributed by atoms with Gasteiger partial charge in [0.05, 0.1) is 11.3 Å². The van der Waals surface area contributed by atoms with Gasteiger partial charge in [0.25, 0.3) is 6.43 Å². The van der Waals surface area contributed by atoms with E-state index in [-0.39, 0.29) is 5.56 Å². The normalized spacial score (nSPS) is 11.0. The van der Waals surface area contributed by atoms with Gasteiger partial charge in [-0.15, -0.1) is 0 Å². The van der Waals surface area contributed by atoms with Gasteiger partial charge in [0.2, 0.25) is 0 Å². The van der Waals surface area contributed by atoms with E-state index in [0.29, 0.717) is 12.1 Å². The van der Waals surface area contributed by atoms with E-state index in [2.05, 4.69) is 5.10 Å². The fourth-order valence-corrected chi connectivity index (χ4v) is 1.01. The van der Waals surface area contributed by atoms with Crippen molar-refractivity contribution in [2.24, 2.45) is 7.05 Å². The zero-order chi connectivity index (χ0) is 8.43. The molecule has 62 valence electrons. The highest BCUT2D eigenvalue weighted by Gasteiger charge is 2.14. The van der Waals surface area contributed by atoms with Gasteiger partial charge in [0.15, 0.2) is 0 Å². The van der Waals surface area contributed by atoms with E-state index in [0.717, 1.165) is 0 Å². The van der Waals surface area contributed by atoms with Crippen molar-refractivity contribution in [2.75, 3.05) is 0 Å². The van der Waals surface area contributed by atoms with Gasteiger partial charge in [-0.3, -0.25) is 4.68 Å². The second-order valence-electron chi connectivity index (χ2n) is 2.36. The lowest BCUT2D eigenvalue weighted by molar-refractivity contribution is 0.150. The highest BCUT2D eigenvalue weighted by Crippen LogP contribution is 2.21. The molecule has 1 heterocycles. The average molecular weight is 160 g/mol. The highest BCUT2D eigenvalue weighted by molar-refractivity contribution is 5.17. The van der Waals surface area contributed by atoms with E-state index in [1.807, 2.05) is 6.92 Å². The van der Waals surface area contributed by atoms with Crippen LogP contribution in [0.1, 0.15) is 24.6 Å². The molecule has 0 fully saturated rings. The molecular formula is C7H10F2N2. The monoisotopic (exact) mass is 160 g/mol. The lowest BCUT2D eigenvalue weighted by Gasteiger charge is -1.94. The maximum atomic E-state index is 12.2. The molecule has 0 aliphatic rings. The van der Waals surface area contributed by atoms with Gasteiger partial charge in [0, 0.05) is 13.2 Å². The van der Waals surface area contributed by atoms with Gasteiger partial charge in [0.1, 0.15) is 0 Å². The molecule has 2 nitrogen and oxygen atoms in total. The fraction of sp³-hybridized carbons (Fsp3) is 0.571. The zero-order valence-corrected chi connectivity index (χ0v) is 6.51. The van der Waals surface area contributed by atoms with Gasteiger partial charge >= 0.3 is 0 Å². The summed E-state index contributed by atoms with van der Waals surface area (Å²) in [6, 6.07) is 0. The number of rotatable bonds is 2. The summed E-state index contributed by atoms with van der Waals surface area (Å²) in [5, 5.41) is 3.89. The Labute approximate surface area is 63.8 Å². The summed E-state index contributed by atoms with van der Waals surface area (Å²) < 4.78 is 25.8. The van der Waals surface area contributed by atoms with Crippen LogP contribution in [0.4, 0.5) is 8.78 Å². The molecule has 11 heavy (non-hydrogen) atoms. The number of nitrogens with zero attached hydrogens (tertiary/aromatic N) is 2. The van der Waals surface area contributed by atoms with Gasteiger partial charge < -0.3 is 0 Å². The molecule has 0 spiro atoms. The van der Waals surface area contributed by atoms with Crippen LogP contribution in [0.3, 0.4) is 0 Å². The summed E-state index contributed by atoms with van der Waals surface area (Å²) in [5.41, 5.74) is 0.539. The van der Waals surface area contributed by atoms with Crippen LogP contribution < -0.4 is 0 Å². The minimum Gasteiger partial charge on any atom is -0.275 e. The Balaban J connectivity index is 3.02. The third-order valence-electron chi connectivity index (χ3n) is 1.51. The van der Waals surface area contributed by atoms with Crippen molar-refractivity contribution in [2.45, 2.75) is 19.8 Å². The molecule has 0 aromatic carbocycles. The van der Waals surface area contributed by atoms with Gasteiger partial charge in [-0.05, 0) is 6.42 Å². The second-order valence-corrected chi connectivity index (χ2v) is 2.36. The van der Waals surface area contributed by atoms with Crippen molar-refractivity contribution < 1.29 is 8.78 Å². The van der Waals surface area contributed by atoms with Crippen molar-refractivity contribution in [3.05, 3.63) is 17.5 Å². The molecule has 0 N–H and O–H groups in total. The van der Waals surface area contributed by atoms with Crippen molar-refractivity contribution in [3.8, 4) is 0 Å². The predicted molar refractivity (Wildman–Crippen MR) is 37.5 cm³/mol. The van der Waals surface area contributed by atoms with Crippen molar-refractivity contribution in [1.82, 2.24) is 9.78 Å². The van der Waals surface area contributed by atoms with Gasteiger partial charge in [-0.2, -0.15) is 5.10 Å². The lowest BCUT2D eigenvalue weighted by Crippen LogP contribution is -1.90. The zero-order valence-electron chi connectivity index (χ0n) is 6.51. The van der Waals surface area contributed by atoms with Gasteiger partial charge in [-0.25, -0.2) is 8.78 Å². The van der Waals surface area contributed by atoms with Crippen LogP contribution in [-0.2, 0) is 13.5 Å². The second kappa shape index (κ2) is 2.98. The molecule has 0 aliphatic carbocycles. The van der Waals surface area contributed by atoms with Gasteiger partial charge in [-0.1, -0.05) is 6.92 Å². The molecule has 0 saturated heterocycles. The number of hydrogen-bond donors (Lipinski definition) is 0. The fourth-order valence-electron chi connectivity index (χ4n) is 1.01. The molecule has 1 rings (SSSR count). The Hall–Kier alpha value is -0.930. The number of hydrogen-bond acceptors (Lipinski definition) is 1. The number of halogens is 2. The standard InChI is InChI=1S/C7H10F2N2/c1-3-6-5(7(8)9)4-11(2)10-6/h4,7H,3H2,1-2H3. The molecule has 0 unspecified atom stereocenters. The van der Waals surface area contributed by atoms with E-state index < -0.39 is 6.43 Å². The van der Waals surface area contributed by atoms with Crippen LogP contribution in [0.2, 0.25) is 0 Å². The summed E-state index contributed by atoms with van der Waals surface area (Å²) in [5.74, 6) is 0. The third-order valence-corrected chi connectivity index (χ3v) is 1.51. The molecule has 1 aromatic heterocycles. The molecular weight excluding hydrogens is 150 g/mol. The molecule has 0 atom stereocenters. The molecule has 4 heteroatoms. The number of aryl methyl sites for hydroxylation is 2. The SMILES string of the molecule is CCc1nn(C)cc1C(F)F. The summed E-state index contributed by atoms with van der Waals surface area (Å²) in [6.45, 7) is 1.81. The van der Waals surface area contributed by atoms with Crippen molar-refractivity contribution >= 4 is 0 Å². The number of aromatic nitrogens is 2. The van der Waals surface area contributed by atoms with Crippen LogP contribution >= 0.6 is 0 Å². The first-order valence-electron chi connectivity index (χ1n) is 3.45. The predicted octanol–water partition coefficient (Wildman–Crippen LogP) is 1.92. The van der Waals surface area contributed by atoms with Crippen LogP contribution in [0.5, 0.6) is 0 Å². The van der Waals surface area contributed by atoms with E-state index in [1.165, 1.54) is 10.9 Å². The molecule has 0 aliphatic heterocycles. The van der Waals surface area contributed by atoms with E-state index in [9.17, 15) is 8.78 Å². The first-order valence-corrected chi connectivity index (χ1v) is 3.45. The minimum absolute atomic E-state index is 0.0509. The van der Waals surface area contributed by atoms with E-state index >= 15 is 0 Å². The third kappa shape index (κ3) is 1.56. The van der Waals surface area contributed by atoms with Crippen LogP contribution in [0, 0.1) is 0 Å². The molecule has 1 aromatic rings. The summed E-state index contributed by atoms with van der Waals surface area (Å²) in [7, 11) is 1.64. The Morgan fingerprint density at radius 2 is 2.27 bits per heavy atom. The molecule has 0 saturated carbocycles. The van der Waals surface area contributed by atoms with Crippen LogP contribution in [0.25, 0.3) is 0 Å². The molecule has 0 amide bonds. The molecule has 0 radical (unpaired) electrons. The maximum absolute atomic E-state index is 12.2. The highest BCUT2D eigenvalue weighted by atomic mass is 19.3. The minimum atomic E-state index is -2.40. The Morgan fingerprint density at radius 3 is 2.64 bits per heavy atom. The first-order chi connectivity index (χ1) is 5.15. The average Bonchev–Trinajstić information content (AvgIpc) is 2.30. The summed E-state index contributed by atoms with van der Waals surface area (Å²) in [4.78, 5) is 0.